The highest BCUT2D eigenvalue weighted by Gasteiger charge is 2.41. The Morgan fingerprint density at radius 3 is 2.04 bits per heavy atom. The maximum absolute atomic E-state index is 6.68. The normalized spacial score (nSPS) is 29.6. The van der Waals surface area contributed by atoms with Gasteiger partial charge >= 0.3 is 0 Å². The maximum Gasteiger partial charge on any atom is 0.224 e. The Bertz CT molecular complexity index is 972. The molecule has 3 aliphatic heterocycles. The number of aliphatic imine (C=N–C) groups is 2. The van der Waals surface area contributed by atoms with Crippen LogP contribution >= 0.6 is 0 Å². The first-order valence-electron chi connectivity index (χ1n) is 19.0. The second-order valence-electron chi connectivity index (χ2n) is 16.9. The molecule has 0 spiro atoms. The summed E-state index contributed by atoms with van der Waals surface area (Å²) < 4.78 is 5.59. The third kappa shape index (κ3) is 10.6. The van der Waals surface area contributed by atoms with E-state index in [1.165, 1.54) is 38.5 Å². The lowest BCUT2D eigenvalue weighted by Gasteiger charge is -2.50. The van der Waals surface area contributed by atoms with E-state index in [-0.39, 0.29) is 11.6 Å². The molecule has 8 heteroatoms. The molecule has 0 aromatic rings. The van der Waals surface area contributed by atoms with Gasteiger partial charge in [-0.2, -0.15) is 4.99 Å². The third-order valence-corrected chi connectivity index (χ3v) is 12.3. The van der Waals surface area contributed by atoms with Gasteiger partial charge in [-0.25, -0.2) is 4.99 Å². The van der Waals surface area contributed by atoms with Crippen LogP contribution in [-0.2, 0) is 4.74 Å². The number of ether oxygens (including phenoxy) is 1. The molecule has 3 aliphatic rings. The second kappa shape index (κ2) is 17.3. The smallest absolute Gasteiger partial charge is 0.224 e. The Balaban J connectivity index is 1.71. The van der Waals surface area contributed by atoms with Gasteiger partial charge in [-0.3, -0.25) is 9.80 Å². The van der Waals surface area contributed by atoms with Crippen molar-refractivity contribution in [2.45, 2.75) is 169 Å². The van der Waals surface area contributed by atoms with Crippen LogP contribution in [0.3, 0.4) is 0 Å². The van der Waals surface area contributed by atoms with Gasteiger partial charge in [0.15, 0.2) is 5.96 Å². The second-order valence-corrected chi connectivity index (χ2v) is 16.9. The van der Waals surface area contributed by atoms with Crippen LogP contribution in [0, 0.1) is 17.8 Å². The predicted octanol–water partition coefficient (Wildman–Crippen LogP) is 7.08. The third-order valence-electron chi connectivity index (χ3n) is 12.3. The lowest BCUT2D eigenvalue weighted by Crippen LogP contribution is -2.58. The molecular formula is C38H75N7O. The van der Waals surface area contributed by atoms with Gasteiger partial charge in [0.1, 0.15) is 0 Å². The van der Waals surface area contributed by atoms with E-state index in [4.69, 9.17) is 20.5 Å². The Hall–Kier alpha value is -1.38. The summed E-state index contributed by atoms with van der Waals surface area (Å²) in [7, 11) is 4.61. The van der Waals surface area contributed by atoms with Crippen molar-refractivity contribution in [2.75, 3.05) is 46.9 Å². The van der Waals surface area contributed by atoms with Crippen molar-refractivity contribution in [1.29, 1.82) is 0 Å². The molecule has 3 rings (SSSR count). The van der Waals surface area contributed by atoms with Crippen LogP contribution in [0.5, 0.6) is 0 Å². The van der Waals surface area contributed by atoms with E-state index in [1.807, 2.05) is 0 Å². The molecule has 46 heavy (non-hydrogen) atoms. The molecule has 0 aromatic heterocycles. The first-order valence-corrected chi connectivity index (χ1v) is 19.0. The average molecular weight is 646 g/mol. The first kappa shape index (κ1) is 39.1. The summed E-state index contributed by atoms with van der Waals surface area (Å²) >= 11 is 0. The Kier molecular flexibility index (Phi) is 14.7. The van der Waals surface area contributed by atoms with Gasteiger partial charge in [-0.1, -0.05) is 40.0 Å². The summed E-state index contributed by atoms with van der Waals surface area (Å²) in [5, 5.41) is 0. The molecule has 0 radical (unpaired) electrons. The Morgan fingerprint density at radius 1 is 0.891 bits per heavy atom. The minimum absolute atomic E-state index is 0.118. The standard InChI is InChI=1S/C38H75N7O/c1-13-29(4)40-36(41-35(39)44-20-22-46-23-21-44)45(33-25-31(6)43(12)38(9,10)27-33)19-17-15-14-16-18-34(28(2)3)32-24-30(5)42(11)37(7,8)26-32/h28-34H,13-27H2,1-12H3,(H2,39,40,41). The molecule has 0 aromatic carbocycles. The number of guanidine groups is 2. The highest BCUT2D eigenvalue weighted by Crippen LogP contribution is 2.42. The van der Waals surface area contributed by atoms with Crippen LogP contribution in [0.15, 0.2) is 9.98 Å². The SMILES string of the molecule is CCC(C)N=C(/N=C(\N)N1CCOCC1)N(CCCCCCC(C(C)C)C1CC(C)N(C)C(C)(C)C1)C1CC(C)N(C)C(C)(C)C1. The lowest BCUT2D eigenvalue weighted by atomic mass is 9.69. The molecule has 0 aliphatic carbocycles. The van der Waals surface area contributed by atoms with E-state index in [2.05, 4.69) is 103 Å². The summed E-state index contributed by atoms with van der Waals surface area (Å²) in [6, 6.07) is 1.77. The van der Waals surface area contributed by atoms with Gasteiger partial charge in [-0.05, 0) is 125 Å². The van der Waals surface area contributed by atoms with E-state index >= 15 is 0 Å². The molecule has 3 saturated heterocycles. The van der Waals surface area contributed by atoms with E-state index in [1.54, 1.807) is 0 Å². The minimum Gasteiger partial charge on any atom is -0.378 e. The summed E-state index contributed by atoms with van der Waals surface area (Å²) in [5.74, 6) is 3.83. The van der Waals surface area contributed by atoms with Crippen molar-refractivity contribution >= 4 is 11.9 Å². The van der Waals surface area contributed by atoms with Crippen LogP contribution < -0.4 is 5.73 Å². The number of nitrogens with zero attached hydrogens (tertiary/aromatic N) is 6. The van der Waals surface area contributed by atoms with Gasteiger partial charge in [0, 0.05) is 48.8 Å². The number of morpholine rings is 1. The Morgan fingerprint density at radius 2 is 1.48 bits per heavy atom. The van der Waals surface area contributed by atoms with E-state index < -0.39 is 0 Å². The van der Waals surface area contributed by atoms with Crippen LogP contribution in [0.4, 0.5) is 0 Å². The number of likely N-dealkylation sites (tertiary alicyclic amines) is 2. The molecular weight excluding hydrogens is 570 g/mol. The first-order chi connectivity index (χ1) is 21.6. The molecule has 8 nitrogen and oxygen atoms in total. The van der Waals surface area contributed by atoms with Crippen LogP contribution in [0.1, 0.15) is 133 Å². The van der Waals surface area contributed by atoms with E-state index in [0.29, 0.717) is 42.8 Å². The van der Waals surface area contributed by atoms with Gasteiger partial charge in [-0.15, -0.1) is 0 Å². The number of rotatable bonds is 12. The van der Waals surface area contributed by atoms with Gasteiger partial charge in [0.2, 0.25) is 5.96 Å². The minimum atomic E-state index is 0.118. The molecule has 0 saturated carbocycles. The van der Waals surface area contributed by atoms with Crippen molar-refractivity contribution < 1.29 is 4.74 Å². The zero-order chi connectivity index (χ0) is 34.2. The molecule has 268 valence electrons. The highest BCUT2D eigenvalue weighted by atomic mass is 16.5. The topological polar surface area (TPSA) is 72.9 Å². The largest absolute Gasteiger partial charge is 0.378 e. The number of nitrogens with two attached hydrogens (primary N) is 1. The van der Waals surface area contributed by atoms with E-state index in [0.717, 1.165) is 69.0 Å². The number of piperidine rings is 2. The molecule has 3 fully saturated rings. The van der Waals surface area contributed by atoms with E-state index in [9.17, 15) is 0 Å². The Labute approximate surface area is 285 Å². The van der Waals surface area contributed by atoms with Crippen LogP contribution in [0.25, 0.3) is 0 Å². The van der Waals surface area contributed by atoms with Gasteiger partial charge in [0.25, 0.3) is 0 Å². The molecule has 3 heterocycles. The quantitative estimate of drug-likeness (QED) is 0.139. The van der Waals surface area contributed by atoms with Crippen molar-refractivity contribution in [3.63, 3.8) is 0 Å². The summed E-state index contributed by atoms with van der Waals surface area (Å²) in [6.07, 6.45) is 12.3. The number of unbranched alkanes of at least 4 members (excludes halogenated alkanes) is 3. The predicted molar refractivity (Wildman–Crippen MR) is 198 cm³/mol. The maximum atomic E-state index is 6.68. The van der Waals surface area contributed by atoms with Crippen LogP contribution in [-0.4, -0.2) is 114 Å². The number of hydrogen-bond acceptors (Lipinski definition) is 4. The van der Waals surface area contributed by atoms with Crippen molar-refractivity contribution in [3.05, 3.63) is 0 Å². The summed E-state index contributed by atoms with van der Waals surface area (Å²) in [4.78, 5) is 20.2. The van der Waals surface area contributed by atoms with Crippen molar-refractivity contribution in [2.24, 2.45) is 33.5 Å². The fourth-order valence-corrected chi connectivity index (χ4v) is 8.57. The number of hydrogen-bond donors (Lipinski definition) is 1. The fraction of sp³-hybridized carbons (Fsp3) is 0.947. The van der Waals surface area contributed by atoms with Crippen molar-refractivity contribution in [3.8, 4) is 0 Å². The average Bonchev–Trinajstić information content (AvgIpc) is 2.99. The molecule has 2 N–H and O–H groups in total. The lowest BCUT2D eigenvalue weighted by molar-refractivity contribution is -0.00112. The zero-order valence-electron chi connectivity index (χ0n) is 32.3. The fourth-order valence-electron chi connectivity index (χ4n) is 8.57. The molecule has 6 unspecified atom stereocenters. The summed E-state index contributed by atoms with van der Waals surface area (Å²) in [6.45, 7) is 27.8. The summed E-state index contributed by atoms with van der Waals surface area (Å²) in [5.41, 5.74) is 7.09. The van der Waals surface area contributed by atoms with Crippen molar-refractivity contribution in [1.82, 2.24) is 19.6 Å². The zero-order valence-corrected chi connectivity index (χ0v) is 32.3. The molecule has 0 bridgehead atoms. The highest BCUT2D eigenvalue weighted by molar-refractivity contribution is 5.94. The van der Waals surface area contributed by atoms with Gasteiger partial charge < -0.3 is 20.3 Å². The van der Waals surface area contributed by atoms with Crippen LogP contribution in [0.2, 0.25) is 0 Å². The molecule has 0 amide bonds. The van der Waals surface area contributed by atoms with Gasteiger partial charge in [0.05, 0.1) is 19.3 Å². The monoisotopic (exact) mass is 646 g/mol. The molecule has 6 atom stereocenters.